The highest BCUT2D eigenvalue weighted by molar-refractivity contribution is 7.64. The summed E-state index contributed by atoms with van der Waals surface area (Å²) in [5.41, 5.74) is -2.01. The molecule has 0 unspecified atom stereocenters. The predicted molar refractivity (Wildman–Crippen MR) is 520 cm³/mol. The molecule has 0 saturated carbocycles. The number of phenols is 3. The first kappa shape index (κ1) is 105. The van der Waals surface area contributed by atoms with Crippen molar-refractivity contribution in [3.05, 3.63) is 164 Å². The maximum Gasteiger partial charge on any atom is 0.417 e. The second-order valence-corrected chi connectivity index (χ2v) is 41.9. The quantitative estimate of drug-likeness (QED) is 0.0188. The number of carbonyl (C=O) groups excluding carboxylic acids is 8. The molecule has 8 amide bonds. The second-order valence-electron chi connectivity index (χ2n) is 38.2. The third-order valence-electron chi connectivity index (χ3n) is 27.3. The Balaban J connectivity index is 0.927. The lowest BCUT2D eigenvalue weighted by atomic mass is 9.89. The number of hydrogen-bond donors (Lipinski definition) is 20. The van der Waals surface area contributed by atoms with Gasteiger partial charge in [-0.25, -0.2) is 0 Å². The van der Waals surface area contributed by atoms with Gasteiger partial charge >= 0.3 is 7.94 Å². The number of amides is 8. The zero-order valence-corrected chi connectivity index (χ0v) is 82.2. The highest BCUT2D eigenvalue weighted by atomic mass is 35.5. The molecule has 20 N–H and O–H groups in total. The van der Waals surface area contributed by atoms with E-state index in [9.17, 15) is 61.0 Å². The number of ether oxygens (including phenoxy) is 7. The van der Waals surface area contributed by atoms with E-state index >= 15 is 33.6 Å². The van der Waals surface area contributed by atoms with Crippen molar-refractivity contribution >= 4 is 78.4 Å². The number of fused-ring (bicyclic) bond motifs is 14. The van der Waals surface area contributed by atoms with Crippen LogP contribution < -0.4 is 76.1 Å². The molecular formula is C100H125Cl2N13O27P+. The van der Waals surface area contributed by atoms with Gasteiger partial charge in [0.1, 0.15) is 132 Å². The molecule has 5 saturated heterocycles. The molecule has 0 aliphatic carbocycles. The fourth-order valence-corrected chi connectivity index (χ4v) is 24.5. The number of carbonyl (C=O) groups is 8. The molecule has 143 heavy (non-hydrogen) atoms. The van der Waals surface area contributed by atoms with E-state index < -0.39 is 246 Å². The van der Waals surface area contributed by atoms with E-state index in [4.69, 9.17) is 60.9 Å². The number of nitrogens with one attached hydrogen (secondary N) is 9. The number of phenolic OH excluding ortho intramolecular Hbond substituents is 3. The van der Waals surface area contributed by atoms with Crippen LogP contribution in [0.15, 0.2) is 115 Å². The number of hydrogen-bond acceptors (Lipinski definition) is 32. The first-order chi connectivity index (χ1) is 68.7. The summed E-state index contributed by atoms with van der Waals surface area (Å²) >= 11 is 15.5. The standard InChI is InChI=1S/C100H124Cl2N13O27P/c1-51(2)19-10-8-6-7-9-11-20-75(121)106-84-88(125)86(123)73(49-116)139-99(84)141-91-71-43-56-44-72(91)137-67-30-25-55(41-63(67)101)85(122)83-98(134)110-81(93(129)104-31-18-32-112(4)5)61-45-57(118)46-69(138-100-90(127)89(126)87(124)74(50-117)140-100)76(61)60-40-53(23-28-65(60)119)79(95(131)111-83)107-96(132)80(56)108-97(133)82-62-47-59(48-70(77(62)102)142-143(113-33-12-13-34-113,114-35-14-15-36-114)115-37-16-17-38-115)136-68-42-54(24-29-66(68)120)78(103-3)94(130)105-64(92(128)109-82)39-52-21-26-58(135-71)27-22-52/h21-30,40-48,51,64,73-74,78-90,99-100,103,116-117,122-127H,6-20,31-39,49-50H2,1-5H3,(H10-,104,105,106,107,108,109,110,111,118,119,120,121,128,129,130,131,132,133,134)/p+1/t64-,73-,74-,78+,79-,80-,81-,82+,83+,84-,85-,86-,87-,88-,89+,90+,99+,100+/m1/s1. The number of nitrogens with zero attached hydrogens (tertiary/aromatic N) is 4. The van der Waals surface area contributed by atoms with Crippen molar-refractivity contribution < 1.29 is 132 Å². The zero-order chi connectivity index (χ0) is 102. The van der Waals surface area contributed by atoms with Gasteiger partial charge in [0.25, 0.3) is 0 Å². The molecule has 0 radical (unpaired) electrons. The van der Waals surface area contributed by atoms with Gasteiger partial charge in [-0.1, -0.05) is 106 Å². The number of aliphatic hydroxyl groups is 8. The molecule has 43 heteroatoms. The molecule has 17 bridgehead atoms. The van der Waals surface area contributed by atoms with Gasteiger partial charge in [-0.2, -0.15) is 0 Å². The summed E-state index contributed by atoms with van der Waals surface area (Å²) in [6.07, 6.45) is -8.83. The molecule has 11 aliphatic heterocycles. The first-order valence-electron chi connectivity index (χ1n) is 48.7. The number of halogens is 2. The number of rotatable bonds is 27. The highest BCUT2D eigenvalue weighted by Gasteiger charge is 2.63. The Morgan fingerprint density at radius 3 is 1.77 bits per heavy atom. The minimum atomic E-state index is -3.20. The van der Waals surface area contributed by atoms with Crippen LogP contribution in [0.4, 0.5) is 0 Å². The van der Waals surface area contributed by atoms with E-state index in [1.165, 1.54) is 67.7 Å². The molecule has 18 atom stereocenters. The second kappa shape index (κ2) is 46.1. The SMILES string of the molecule is CN[C@@H]1C(=O)N[C@@H]2Cc3ccc(cc3)Oc3cc4cc(c3O[C@@H]3O[C@H](CO)[C@@H](O)[C@H](O)[C@H]3NC(=O)CCCCCCCCC(C)C)Oc3ccc(cc3Cl)[C@@H](O)[C@@H]3NC(=O)[C@H](NC(=O)[C@@H]4NC(=O)[C@@H](NC2=O)c2cc(cc(O[P+](N4CCCC4)(N4CCCC4)N4CCCC4)c2Cl)Oc2cc1ccc2O)c1ccc(O)c(c1)-c1c(O[C@H]2O[C@H](CO)[C@@H](O)[C@H](O)[C@@H]2O)cc(O)cc1[C@H](C(=O)NCCCN(C)C)NC3=O. The summed E-state index contributed by atoms with van der Waals surface area (Å²) < 4.78 is 61.1. The Morgan fingerprint density at radius 2 is 1.12 bits per heavy atom. The average molecular weight is 2040 g/mol. The maximum absolute atomic E-state index is 17.4. The fraction of sp³-hybridized carbons (Fsp3) is 0.500. The smallest absolute Gasteiger partial charge is 0.417 e. The molecule has 18 rings (SSSR count). The Bertz CT molecular complexity index is 5760. The number of aliphatic hydroxyl groups excluding tert-OH is 8. The van der Waals surface area contributed by atoms with Crippen molar-refractivity contribution in [3.63, 3.8) is 0 Å². The lowest BCUT2D eigenvalue weighted by Crippen LogP contribution is -2.65. The molecular weight excluding hydrogens is 1920 g/mol. The van der Waals surface area contributed by atoms with E-state index in [1.807, 2.05) is 4.90 Å². The van der Waals surface area contributed by atoms with Crippen LogP contribution in [-0.2, 0) is 54.3 Å². The van der Waals surface area contributed by atoms with Gasteiger partial charge in [-0.3, -0.25) is 42.9 Å². The molecule has 0 aromatic heterocycles. The summed E-state index contributed by atoms with van der Waals surface area (Å²) in [6, 6.07) is 8.33. The van der Waals surface area contributed by atoms with E-state index in [0.717, 1.165) is 113 Å². The van der Waals surface area contributed by atoms with Crippen LogP contribution in [0, 0.1) is 5.92 Å². The summed E-state index contributed by atoms with van der Waals surface area (Å²) in [7, 11) is 1.87. The summed E-state index contributed by atoms with van der Waals surface area (Å²) in [4.78, 5) is 131. The molecule has 0 spiro atoms. The van der Waals surface area contributed by atoms with Gasteiger partial charge in [-0.05, 0) is 191 Å². The summed E-state index contributed by atoms with van der Waals surface area (Å²) in [5, 5.41) is 154. The Kier molecular flexibility index (Phi) is 33.8. The Morgan fingerprint density at radius 1 is 0.531 bits per heavy atom. The minimum absolute atomic E-state index is 0.0592. The number of benzene rings is 7. The summed E-state index contributed by atoms with van der Waals surface area (Å²) in [6.45, 7) is 6.53. The average Bonchev–Trinajstić information content (AvgIpc) is 1.69. The highest BCUT2D eigenvalue weighted by Crippen LogP contribution is 2.71. The van der Waals surface area contributed by atoms with Crippen LogP contribution in [0.3, 0.4) is 0 Å². The monoisotopic (exact) mass is 2040 g/mol. The summed E-state index contributed by atoms with van der Waals surface area (Å²) in [5.74, 6) is -13.3. The topological polar surface area (TPSA) is 554 Å². The minimum Gasteiger partial charge on any atom is -0.508 e. The fourth-order valence-electron chi connectivity index (χ4n) is 19.7. The van der Waals surface area contributed by atoms with E-state index in [0.29, 0.717) is 76.6 Å². The van der Waals surface area contributed by atoms with Crippen molar-refractivity contribution in [1.29, 1.82) is 0 Å². The van der Waals surface area contributed by atoms with Crippen molar-refractivity contribution in [1.82, 2.24) is 66.8 Å². The molecule has 7 aromatic rings. The van der Waals surface area contributed by atoms with E-state index in [1.54, 1.807) is 26.2 Å². The van der Waals surface area contributed by atoms with Crippen LogP contribution in [0.5, 0.6) is 69.0 Å². The van der Waals surface area contributed by atoms with Crippen molar-refractivity contribution in [3.8, 4) is 80.1 Å². The first-order valence-corrected chi connectivity index (χ1v) is 51.0. The number of aromatic hydroxyl groups is 3. The van der Waals surface area contributed by atoms with Gasteiger partial charge in [0.05, 0.1) is 23.3 Å². The van der Waals surface area contributed by atoms with Crippen LogP contribution in [0.1, 0.15) is 185 Å². The molecule has 11 heterocycles. The lowest BCUT2D eigenvalue weighted by molar-refractivity contribution is -0.277. The molecule has 7 aromatic carbocycles. The third kappa shape index (κ3) is 23.2. The Labute approximate surface area is 836 Å². The van der Waals surface area contributed by atoms with Gasteiger partial charge in [0.15, 0.2) is 23.0 Å². The number of likely N-dealkylation sites (N-methyl/N-ethyl adjacent to an activating group) is 1. The number of unbranched alkanes of at least 4 members (excludes halogenated alkanes) is 5. The van der Waals surface area contributed by atoms with Gasteiger partial charge in [0, 0.05) is 87.5 Å². The van der Waals surface area contributed by atoms with Crippen LogP contribution in [0.2, 0.25) is 10.0 Å². The van der Waals surface area contributed by atoms with Gasteiger partial charge in [-0.15, -0.1) is 14.0 Å². The van der Waals surface area contributed by atoms with Crippen LogP contribution in [0.25, 0.3) is 11.1 Å². The molecule has 40 nitrogen and oxygen atoms in total. The van der Waals surface area contributed by atoms with Gasteiger partial charge in [0.2, 0.25) is 71.3 Å². The molecule has 11 aliphatic rings. The van der Waals surface area contributed by atoms with Crippen molar-refractivity contribution in [2.45, 2.75) is 226 Å². The maximum atomic E-state index is 17.4. The molecule has 770 valence electrons. The van der Waals surface area contributed by atoms with Crippen molar-refractivity contribution in [2.24, 2.45) is 5.92 Å². The lowest BCUT2D eigenvalue weighted by Gasteiger charge is -2.42. The molecule has 5 fully saturated rings. The third-order valence-corrected chi connectivity index (χ3v) is 31.9. The van der Waals surface area contributed by atoms with Crippen LogP contribution in [-0.4, -0.2) is 282 Å². The van der Waals surface area contributed by atoms with E-state index in [2.05, 4.69) is 75.7 Å². The largest absolute Gasteiger partial charge is 0.508 e. The Hall–Kier alpha value is -11.1. The van der Waals surface area contributed by atoms with Gasteiger partial charge < -0.3 is 142 Å². The van der Waals surface area contributed by atoms with Crippen molar-refractivity contribution in [2.75, 3.05) is 86.7 Å². The normalized spacial score (nSPS) is 26.6. The van der Waals surface area contributed by atoms with Crippen LogP contribution >= 0.6 is 31.1 Å². The zero-order valence-electron chi connectivity index (χ0n) is 79.8. The predicted octanol–water partition coefficient (Wildman–Crippen LogP) is 6.71. The van der Waals surface area contributed by atoms with E-state index in [-0.39, 0.29) is 75.4 Å².